The van der Waals surface area contributed by atoms with Crippen LogP contribution >= 0.6 is 22.9 Å². The summed E-state index contributed by atoms with van der Waals surface area (Å²) in [5, 5.41) is 12.5. The number of carbonyl (C=O) groups is 2. The van der Waals surface area contributed by atoms with Gasteiger partial charge in [-0.15, -0.1) is 11.3 Å². The van der Waals surface area contributed by atoms with Crippen molar-refractivity contribution >= 4 is 51.2 Å². The highest BCUT2D eigenvalue weighted by Gasteiger charge is 2.24. The lowest BCUT2D eigenvalue weighted by Gasteiger charge is -2.21. The molecule has 0 spiro atoms. The van der Waals surface area contributed by atoms with Gasteiger partial charge >= 0.3 is 12.2 Å². The molecule has 11 heteroatoms. The standard InChI is InChI=1S/C20H23ClN4O5S/c1-11(22-18(26)30-20(2,3)4)8-13-9-14-15(31-13)16(24-17(21)23-14)25(19(27)28)10-12-6-5-7-29-12/h5-7,9,11H,8,10H2,1-4H3,(H,22,26)(H,27,28)/t11-/m0/s1. The maximum absolute atomic E-state index is 12.0. The normalized spacial score (nSPS) is 12.5. The number of carboxylic acid groups (broad SMARTS) is 1. The summed E-state index contributed by atoms with van der Waals surface area (Å²) in [7, 11) is 0. The Morgan fingerprint density at radius 1 is 1.39 bits per heavy atom. The molecule has 2 amide bonds. The highest BCUT2D eigenvalue weighted by Crippen LogP contribution is 2.34. The van der Waals surface area contributed by atoms with Crippen LogP contribution in [0.5, 0.6) is 0 Å². The number of anilines is 1. The summed E-state index contributed by atoms with van der Waals surface area (Å²) in [5.74, 6) is 0.653. The van der Waals surface area contributed by atoms with Crippen LogP contribution in [0.2, 0.25) is 5.28 Å². The maximum atomic E-state index is 12.0. The average molecular weight is 467 g/mol. The molecule has 9 nitrogen and oxygen atoms in total. The average Bonchev–Trinajstić information content (AvgIpc) is 3.25. The third kappa shape index (κ3) is 6.08. The van der Waals surface area contributed by atoms with Crippen LogP contribution in [0.15, 0.2) is 28.9 Å². The fourth-order valence-corrected chi connectivity index (χ4v) is 4.27. The molecule has 3 heterocycles. The molecule has 0 aliphatic carbocycles. The molecule has 3 aromatic rings. The van der Waals surface area contributed by atoms with Crippen LogP contribution in [0.4, 0.5) is 15.4 Å². The molecule has 31 heavy (non-hydrogen) atoms. The highest BCUT2D eigenvalue weighted by atomic mass is 35.5. The number of alkyl carbamates (subject to hydrolysis) is 1. The van der Waals surface area contributed by atoms with Gasteiger partial charge in [-0.3, -0.25) is 4.90 Å². The zero-order valence-electron chi connectivity index (χ0n) is 17.5. The molecular formula is C20H23ClN4O5S. The van der Waals surface area contributed by atoms with Crippen LogP contribution in [0.1, 0.15) is 38.3 Å². The SMILES string of the molecule is C[C@@H](Cc1cc2nc(Cl)nc(N(Cc3ccco3)C(=O)O)c2s1)NC(=O)OC(C)(C)C. The number of carbonyl (C=O) groups excluding carboxylic acids is 1. The predicted octanol–water partition coefficient (Wildman–Crippen LogP) is 5.08. The van der Waals surface area contributed by atoms with Crippen LogP contribution in [0, 0.1) is 0 Å². The van der Waals surface area contributed by atoms with Crippen LogP contribution in [-0.4, -0.2) is 38.9 Å². The van der Waals surface area contributed by atoms with E-state index in [0.717, 1.165) is 9.78 Å². The first kappa shape index (κ1) is 22.8. The molecule has 2 N–H and O–H groups in total. The second-order valence-electron chi connectivity index (χ2n) is 7.94. The quantitative estimate of drug-likeness (QED) is 0.486. The van der Waals surface area contributed by atoms with E-state index in [0.29, 0.717) is 22.4 Å². The summed E-state index contributed by atoms with van der Waals surface area (Å²) in [6, 6.07) is 4.96. The number of halogens is 1. The van der Waals surface area contributed by atoms with E-state index >= 15 is 0 Å². The van der Waals surface area contributed by atoms with Gasteiger partial charge in [0.15, 0.2) is 5.82 Å². The summed E-state index contributed by atoms with van der Waals surface area (Å²) in [6.45, 7) is 7.22. The first-order valence-corrected chi connectivity index (χ1v) is 10.7. The van der Waals surface area contributed by atoms with Crippen molar-refractivity contribution in [2.75, 3.05) is 4.90 Å². The minimum atomic E-state index is -1.19. The molecular weight excluding hydrogens is 444 g/mol. The molecule has 1 atom stereocenters. The van der Waals surface area contributed by atoms with Gasteiger partial charge in [0.1, 0.15) is 11.4 Å². The van der Waals surface area contributed by atoms with Crippen LogP contribution in [0.25, 0.3) is 10.2 Å². The monoisotopic (exact) mass is 466 g/mol. The zero-order valence-corrected chi connectivity index (χ0v) is 19.1. The molecule has 0 bridgehead atoms. The van der Waals surface area contributed by atoms with E-state index in [-0.39, 0.29) is 23.7 Å². The van der Waals surface area contributed by atoms with E-state index in [4.69, 9.17) is 20.8 Å². The summed E-state index contributed by atoms with van der Waals surface area (Å²) in [6.07, 6.45) is 0.283. The molecule has 0 fully saturated rings. The fraction of sp³-hybridized carbons (Fsp3) is 0.400. The number of furan rings is 1. The molecule has 3 rings (SSSR count). The van der Waals surface area contributed by atoms with E-state index < -0.39 is 17.8 Å². The fourth-order valence-electron chi connectivity index (χ4n) is 2.87. The van der Waals surface area contributed by atoms with Gasteiger partial charge in [-0.25, -0.2) is 14.6 Å². The van der Waals surface area contributed by atoms with Crippen molar-refractivity contribution < 1.29 is 23.8 Å². The maximum Gasteiger partial charge on any atom is 0.413 e. The Bertz CT molecular complexity index is 1080. The molecule has 0 saturated carbocycles. The van der Waals surface area contributed by atoms with Gasteiger partial charge in [0.2, 0.25) is 5.28 Å². The molecule has 0 aliphatic heterocycles. The third-order valence-electron chi connectivity index (χ3n) is 4.03. The van der Waals surface area contributed by atoms with Crippen LogP contribution < -0.4 is 10.2 Å². The number of thiophene rings is 1. The number of nitrogens with one attached hydrogen (secondary N) is 1. The highest BCUT2D eigenvalue weighted by molar-refractivity contribution is 7.19. The van der Waals surface area contributed by atoms with E-state index in [2.05, 4.69) is 15.3 Å². The summed E-state index contributed by atoms with van der Waals surface area (Å²) < 4.78 is 11.1. The van der Waals surface area contributed by atoms with Gasteiger partial charge in [-0.1, -0.05) is 0 Å². The zero-order chi connectivity index (χ0) is 22.8. The van der Waals surface area contributed by atoms with Crippen molar-refractivity contribution in [2.45, 2.75) is 52.3 Å². The van der Waals surface area contributed by atoms with Gasteiger partial charge in [-0.2, -0.15) is 4.98 Å². The Labute approximate surface area is 188 Å². The topological polar surface area (TPSA) is 118 Å². The Kier molecular flexibility index (Phi) is 6.71. The Morgan fingerprint density at radius 3 is 2.74 bits per heavy atom. The number of nitrogens with zero attached hydrogens (tertiary/aromatic N) is 3. The lowest BCUT2D eigenvalue weighted by molar-refractivity contribution is 0.0508. The number of ether oxygens (including phenoxy) is 1. The molecule has 0 aromatic carbocycles. The van der Waals surface area contributed by atoms with Crippen molar-refractivity contribution in [3.8, 4) is 0 Å². The number of fused-ring (bicyclic) bond motifs is 1. The van der Waals surface area contributed by atoms with Crippen molar-refractivity contribution in [3.63, 3.8) is 0 Å². The van der Waals surface area contributed by atoms with Gasteiger partial charge in [-0.05, 0) is 57.5 Å². The number of amides is 2. The van der Waals surface area contributed by atoms with E-state index in [1.807, 2.05) is 13.0 Å². The minimum Gasteiger partial charge on any atom is -0.467 e. The third-order valence-corrected chi connectivity index (χ3v) is 5.34. The largest absolute Gasteiger partial charge is 0.467 e. The Hall–Kier alpha value is -2.85. The lowest BCUT2D eigenvalue weighted by Crippen LogP contribution is -2.38. The van der Waals surface area contributed by atoms with Crippen LogP contribution in [0.3, 0.4) is 0 Å². The first-order chi connectivity index (χ1) is 14.5. The number of hydrogen-bond acceptors (Lipinski definition) is 7. The molecule has 0 unspecified atom stereocenters. The van der Waals surface area contributed by atoms with E-state index in [9.17, 15) is 14.7 Å². The van der Waals surface area contributed by atoms with Gasteiger partial charge in [0.05, 0.1) is 23.0 Å². The van der Waals surface area contributed by atoms with Crippen molar-refractivity contribution in [2.24, 2.45) is 0 Å². The van der Waals surface area contributed by atoms with Crippen LogP contribution in [-0.2, 0) is 17.7 Å². The summed E-state index contributed by atoms with van der Waals surface area (Å²) >= 11 is 7.41. The second kappa shape index (κ2) is 9.11. The minimum absolute atomic E-state index is 0.0192. The van der Waals surface area contributed by atoms with Gasteiger partial charge < -0.3 is 19.6 Å². The summed E-state index contributed by atoms with van der Waals surface area (Å²) in [4.78, 5) is 34.3. The second-order valence-corrected chi connectivity index (χ2v) is 9.42. The number of aromatic nitrogens is 2. The first-order valence-electron chi connectivity index (χ1n) is 9.50. The van der Waals surface area contributed by atoms with E-state index in [1.54, 1.807) is 32.9 Å². The van der Waals surface area contributed by atoms with Gasteiger partial charge in [0, 0.05) is 17.3 Å². The molecule has 0 aliphatic rings. The van der Waals surface area contributed by atoms with E-state index in [1.165, 1.54) is 17.6 Å². The lowest BCUT2D eigenvalue weighted by atomic mass is 10.2. The molecule has 0 radical (unpaired) electrons. The Morgan fingerprint density at radius 2 is 2.13 bits per heavy atom. The van der Waals surface area contributed by atoms with Gasteiger partial charge in [0.25, 0.3) is 0 Å². The number of rotatable bonds is 6. The van der Waals surface area contributed by atoms with Crippen molar-refractivity contribution in [3.05, 3.63) is 40.4 Å². The molecule has 3 aromatic heterocycles. The number of hydrogen-bond donors (Lipinski definition) is 2. The molecule has 0 saturated heterocycles. The Balaban J connectivity index is 1.85. The smallest absolute Gasteiger partial charge is 0.413 e. The predicted molar refractivity (Wildman–Crippen MR) is 118 cm³/mol. The molecule has 166 valence electrons. The van der Waals surface area contributed by atoms with Crippen molar-refractivity contribution in [1.82, 2.24) is 15.3 Å². The summed E-state index contributed by atoms with van der Waals surface area (Å²) in [5.41, 5.74) is -0.0538. The van der Waals surface area contributed by atoms with Crippen molar-refractivity contribution in [1.29, 1.82) is 0 Å².